The van der Waals surface area contributed by atoms with Crippen molar-refractivity contribution in [3.05, 3.63) is 0 Å². The molecule has 0 aromatic carbocycles. The number of hydrogen-bond acceptors (Lipinski definition) is 3. The molecule has 2 saturated heterocycles. The van der Waals surface area contributed by atoms with Gasteiger partial charge >= 0.3 is 0 Å². The number of thioether (sulfide) groups is 1. The Hall–Kier alpha value is -0.220. The monoisotopic (exact) mass is 242 g/mol. The van der Waals surface area contributed by atoms with E-state index in [0.717, 1.165) is 44.6 Å². The van der Waals surface area contributed by atoms with Crippen LogP contribution in [-0.2, 0) is 4.79 Å². The Kier molecular flexibility index (Phi) is 4.97. The van der Waals surface area contributed by atoms with Crippen LogP contribution >= 0.6 is 11.8 Å². The fourth-order valence-electron chi connectivity index (χ4n) is 2.45. The number of amides is 1. The predicted molar refractivity (Wildman–Crippen MR) is 68.8 cm³/mol. The average molecular weight is 242 g/mol. The summed E-state index contributed by atoms with van der Waals surface area (Å²) in [5.74, 6) is 2.71. The van der Waals surface area contributed by atoms with E-state index >= 15 is 0 Å². The van der Waals surface area contributed by atoms with Gasteiger partial charge < -0.3 is 10.2 Å². The molecular weight excluding hydrogens is 220 g/mol. The maximum absolute atomic E-state index is 12.0. The third-order valence-corrected chi connectivity index (χ3v) is 4.49. The zero-order valence-electron chi connectivity index (χ0n) is 9.91. The van der Waals surface area contributed by atoms with Crippen molar-refractivity contribution in [3.63, 3.8) is 0 Å². The maximum Gasteiger partial charge on any atom is 0.222 e. The molecule has 0 aliphatic carbocycles. The van der Waals surface area contributed by atoms with Crippen LogP contribution in [-0.4, -0.2) is 48.0 Å². The minimum absolute atomic E-state index is 0.371. The number of carbonyl (C=O) groups is 1. The molecule has 1 N–H and O–H groups in total. The van der Waals surface area contributed by atoms with Crippen LogP contribution in [0.15, 0.2) is 0 Å². The number of hydrogen-bond donors (Lipinski definition) is 1. The second kappa shape index (κ2) is 6.50. The molecule has 0 spiro atoms. The van der Waals surface area contributed by atoms with Crippen molar-refractivity contribution < 1.29 is 4.79 Å². The van der Waals surface area contributed by atoms with E-state index in [1.165, 1.54) is 18.6 Å². The van der Waals surface area contributed by atoms with E-state index < -0.39 is 0 Å². The van der Waals surface area contributed by atoms with Gasteiger partial charge in [0.1, 0.15) is 0 Å². The maximum atomic E-state index is 12.0. The molecule has 16 heavy (non-hydrogen) atoms. The molecule has 1 amide bonds. The van der Waals surface area contributed by atoms with Crippen molar-refractivity contribution in [1.29, 1.82) is 0 Å². The lowest BCUT2D eigenvalue weighted by Gasteiger charge is -2.20. The molecule has 92 valence electrons. The fourth-order valence-corrected chi connectivity index (χ4v) is 3.34. The van der Waals surface area contributed by atoms with Crippen molar-refractivity contribution in [2.45, 2.75) is 38.1 Å². The first-order valence-electron chi connectivity index (χ1n) is 6.45. The number of nitrogens with zero attached hydrogens (tertiary/aromatic N) is 1. The molecule has 1 unspecified atom stereocenters. The summed E-state index contributed by atoms with van der Waals surface area (Å²) in [5, 5.41) is 3.45. The third kappa shape index (κ3) is 3.67. The van der Waals surface area contributed by atoms with Gasteiger partial charge in [-0.2, -0.15) is 11.8 Å². The van der Waals surface area contributed by atoms with Gasteiger partial charge in [0.15, 0.2) is 0 Å². The highest BCUT2D eigenvalue weighted by Gasteiger charge is 2.19. The predicted octanol–water partition coefficient (Wildman–Crippen LogP) is 1.48. The van der Waals surface area contributed by atoms with E-state index in [-0.39, 0.29) is 0 Å². The summed E-state index contributed by atoms with van der Waals surface area (Å²) >= 11 is 1.97. The van der Waals surface area contributed by atoms with Gasteiger partial charge in [0.2, 0.25) is 5.91 Å². The molecule has 2 aliphatic heterocycles. The first kappa shape index (κ1) is 12.2. The Morgan fingerprint density at radius 3 is 3.06 bits per heavy atom. The van der Waals surface area contributed by atoms with Gasteiger partial charge in [0, 0.05) is 31.3 Å². The summed E-state index contributed by atoms with van der Waals surface area (Å²) in [6.07, 6.45) is 5.46. The highest BCUT2D eigenvalue weighted by molar-refractivity contribution is 7.99. The molecule has 3 nitrogen and oxygen atoms in total. The van der Waals surface area contributed by atoms with Crippen LogP contribution in [0, 0.1) is 0 Å². The van der Waals surface area contributed by atoms with E-state index in [1.807, 2.05) is 11.8 Å². The normalized spacial score (nSPS) is 26.8. The first-order valence-corrected chi connectivity index (χ1v) is 7.60. The molecule has 1 atom stereocenters. The molecule has 4 heteroatoms. The largest absolute Gasteiger partial charge is 0.342 e. The second-order valence-electron chi connectivity index (χ2n) is 4.68. The van der Waals surface area contributed by atoms with Gasteiger partial charge in [-0.1, -0.05) is 0 Å². The molecule has 0 radical (unpaired) electrons. The average Bonchev–Trinajstić information content (AvgIpc) is 2.66. The third-order valence-electron chi connectivity index (χ3n) is 3.44. The molecule has 2 aliphatic rings. The van der Waals surface area contributed by atoms with Crippen LogP contribution in [0.4, 0.5) is 0 Å². The van der Waals surface area contributed by atoms with E-state index in [2.05, 4.69) is 10.2 Å². The van der Waals surface area contributed by atoms with E-state index in [9.17, 15) is 4.79 Å². The molecule has 0 aromatic rings. The summed E-state index contributed by atoms with van der Waals surface area (Å²) in [6.45, 7) is 3.07. The van der Waals surface area contributed by atoms with Gasteiger partial charge in [-0.25, -0.2) is 0 Å². The summed E-state index contributed by atoms with van der Waals surface area (Å²) in [5.41, 5.74) is 0. The zero-order chi connectivity index (χ0) is 11.2. The van der Waals surface area contributed by atoms with E-state index in [0.29, 0.717) is 11.9 Å². The zero-order valence-corrected chi connectivity index (χ0v) is 10.7. The summed E-state index contributed by atoms with van der Waals surface area (Å²) < 4.78 is 0. The van der Waals surface area contributed by atoms with Crippen molar-refractivity contribution in [2.75, 3.05) is 31.1 Å². The number of rotatable bonds is 3. The second-order valence-corrected chi connectivity index (χ2v) is 5.90. The van der Waals surface area contributed by atoms with E-state index in [4.69, 9.17) is 0 Å². The van der Waals surface area contributed by atoms with Crippen LogP contribution in [0.5, 0.6) is 0 Å². The van der Waals surface area contributed by atoms with Crippen LogP contribution < -0.4 is 5.32 Å². The highest BCUT2D eigenvalue weighted by Crippen LogP contribution is 2.14. The summed E-state index contributed by atoms with van der Waals surface area (Å²) in [7, 11) is 0. The topological polar surface area (TPSA) is 32.3 Å². The molecule has 0 saturated carbocycles. The summed E-state index contributed by atoms with van der Waals surface area (Å²) in [6, 6.07) is 0.602. The van der Waals surface area contributed by atoms with E-state index in [1.54, 1.807) is 0 Å². The van der Waals surface area contributed by atoms with Crippen molar-refractivity contribution in [1.82, 2.24) is 10.2 Å². The van der Waals surface area contributed by atoms with Crippen LogP contribution in [0.1, 0.15) is 32.1 Å². The molecule has 0 bridgehead atoms. The van der Waals surface area contributed by atoms with Gasteiger partial charge in [0.25, 0.3) is 0 Å². The Morgan fingerprint density at radius 1 is 1.31 bits per heavy atom. The number of carbonyl (C=O) groups excluding carboxylic acids is 1. The fraction of sp³-hybridized carbons (Fsp3) is 0.917. The highest BCUT2D eigenvalue weighted by atomic mass is 32.2. The first-order chi connectivity index (χ1) is 7.86. The Balaban J connectivity index is 1.69. The Labute approximate surface area is 102 Å². The smallest absolute Gasteiger partial charge is 0.222 e. The molecule has 2 heterocycles. The minimum Gasteiger partial charge on any atom is -0.342 e. The van der Waals surface area contributed by atoms with Gasteiger partial charge in [-0.05, 0) is 38.0 Å². The standard InChI is InChI=1S/C12H22N2OS/c15-12(5-4-11-3-1-6-13-11)14-7-2-9-16-10-8-14/h11,13H,1-10H2. The van der Waals surface area contributed by atoms with Gasteiger partial charge in [-0.3, -0.25) is 4.79 Å². The Morgan fingerprint density at radius 2 is 2.25 bits per heavy atom. The molecule has 2 fully saturated rings. The molecular formula is C12H22N2OS. The molecule has 2 rings (SSSR count). The van der Waals surface area contributed by atoms with Crippen LogP contribution in [0.25, 0.3) is 0 Å². The van der Waals surface area contributed by atoms with Crippen molar-refractivity contribution in [2.24, 2.45) is 0 Å². The lowest BCUT2D eigenvalue weighted by atomic mass is 10.1. The van der Waals surface area contributed by atoms with Crippen molar-refractivity contribution >= 4 is 17.7 Å². The minimum atomic E-state index is 0.371. The van der Waals surface area contributed by atoms with Crippen LogP contribution in [0.3, 0.4) is 0 Å². The summed E-state index contributed by atoms with van der Waals surface area (Å²) in [4.78, 5) is 14.1. The lowest BCUT2D eigenvalue weighted by molar-refractivity contribution is -0.131. The number of nitrogens with one attached hydrogen (secondary N) is 1. The Bertz CT molecular complexity index is 221. The van der Waals surface area contributed by atoms with Crippen molar-refractivity contribution in [3.8, 4) is 0 Å². The lowest BCUT2D eigenvalue weighted by Crippen LogP contribution is -2.34. The van der Waals surface area contributed by atoms with Gasteiger partial charge in [-0.15, -0.1) is 0 Å². The molecule has 0 aromatic heterocycles. The van der Waals surface area contributed by atoms with Gasteiger partial charge in [0.05, 0.1) is 0 Å². The quantitative estimate of drug-likeness (QED) is 0.814. The van der Waals surface area contributed by atoms with Crippen LogP contribution in [0.2, 0.25) is 0 Å². The SMILES string of the molecule is O=C(CCC1CCCN1)N1CCCSCC1.